The van der Waals surface area contributed by atoms with Crippen LogP contribution in [0.25, 0.3) is 0 Å². The zero-order valence-corrected chi connectivity index (χ0v) is 11.3. The summed E-state index contributed by atoms with van der Waals surface area (Å²) in [5.41, 5.74) is 6.81. The summed E-state index contributed by atoms with van der Waals surface area (Å²) < 4.78 is 13.2. The Morgan fingerprint density at radius 2 is 2.00 bits per heavy atom. The number of nitrogens with two attached hydrogens (primary N) is 1. The first-order valence-corrected chi connectivity index (χ1v) is 7.07. The van der Waals surface area contributed by atoms with Gasteiger partial charge in [-0.15, -0.1) is 11.3 Å². The highest BCUT2D eigenvalue weighted by molar-refractivity contribution is 7.11. The van der Waals surface area contributed by atoms with E-state index in [0.717, 1.165) is 18.4 Å². The summed E-state index contributed by atoms with van der Waals surface area (Å²) in [7, 11) is 0. The molecule has 0 amide bonds. The molecule has 0 saturated heterocycles. The maximum absolute atomic E-state index is 13.2. The van der Waals surface area contributed by atoms with Crippen molar-refractivity contribution in [3.63, 3.8) is 0 Å². The molecule has 1 aromatic heterocycles. The number of hydrogen-bond acceptors (Lipinski definition) is 2. The maximum atomic E-state index is 13.2. The first kappa shape index (κ1) is 13.2. The molecule has 0 aliphatic heterocycles. The fourth-order valence-corrected chi connectivity index (χ4v) is 3.10. The lowest BCUT2D eigenvalue weighted by molar-refractivity contribution is 0.617. The highest BCUT2D eigenvalue weighted by Crippen LogP contribution is 2.25. The van der Waals surface area contributed by atoms with Crippen LogP contribution in [0.15, 0.2) is 36.4 Å². The van der Waals surface area contributed by atoms with Crippen LogP contribution in [0.3, 0.4) is 0 Å². The smallest absolute Gasteiger partial charge is 0.123 e. The molecule has 3 heteroatoms. The van der Waals surface area contributed by atoms with E-state index in [4.69, 9.17) is 5.73 Å². The third-order valence-corrected chi connectivity index (χ3v) is 4.37. The minimum Gasteiger partial charge on any atom is -0.330 e. The third kappa shape index (κ3) is 3.18. The van der Waals surface area contributed by atoms with Crippen LogP contribution in [-0.2, 0) is 12.8 Å². The average molecular weight is 263 g/mol. The molecule has 1 atom stereocenters. The van der Waals surface area contributed by atoms with Crippen LogP contribution >= 0.6 is 11.3 Å². The van der Waals surface area contributed by atoms with Crippen LogP contribution in [-0.4, -0.2) is 6.54 Å². The normalized spacial score (nSPS) is 12.6. The van der Waals surface area contributed by atoms with E-state index in [2.05, 4.69) is 19.1 Å². The summed E-state index contributed by atoms with van der Waals surface area (Å²) in [5, 5.41) is 0. The first-order valence-electron chi connectivity index (χ1n) is 6.26. The van der Waals surface area contributed by atoms with Crippen molar-refractivity contribution in [2.75, 3.05) is 6.54 Å². The molecule has 1 heterocycles. The summed E-state index contributed by atoms with van der Waals surface area (Å²) in [6.07, 6.45) is 1.96. The van der Waals surface area contributed by atoms with E-state index in [1.165, 1.54) is 15.8 Å². The van der Waals surface area contributed by atoms with E-state index >= 15 is 0 Å². The van der Waals surface area contributed by atoms with Gasteiger partial charge in [0.15, 0.2) is 0 Å². The molecule has 0 aliphatic rings. The Bertz CT molecular complexity index is 507. The third-order valence-electron chi connectivity index (χ3n) is 3.12. The number of rotatable bonds is 5. The molecule has 0 radical (unpaired) electrons. The monoisotopic (exact) mass is 263 g/mol. The molecular formula is C15H18FNS. The van der Waals surface area contributed by atoms with Gasteiger partial charge in [0, 0.05) is 15.7 Å². The van der Waals surface area contributed by atoms with Crippen molar-refractivity contribution in [2.45, 2.75) is 25.7 Å². The van der Waals surface area contributed by atoms with Gasteiger partial charge in [-0.05, 0) is 49.2 Å². The van der Waals surface area contributed by atoms with Crippen molar-refractivity contribution in [1.29, 1.82) is 0 Å². The quantitative estimate of drug-likeness (QED) is 0.874. The van der Waals surface area contributed by atoms with Crippen LogP contribution in [0.2, 0.25) is 0 Å². The van der Waals surface area contributed by atoms with Gasteiger partial charge in [-0.2, -0.15) is 0 Å². The van der Waals surface area contributed by atoms with Crippen molar-refractivity contribution in [2.24, 2.45) is 5.73 Å². The van der Waals surface area contributed by atoms with Gasteiger partial charge >= 0.3 is 0 Å². The molecule has 96 valence electrons. The van der Waals surface area contributed by atoms with Gasteiger partial charge in [0.05, 0.1) is 0 Å². The fraction of sp³-hybridized carbons (Fsp3) is 0.333. The fourth-order valence-electron chi connectivity index (χ4n) is 2.06. The highest BCUT2D eigenvalue weighted by Gasteiger charge is 2.12. The van der Waals surface area contributed by atoms with E-state index in [1.54, 1.807) is 12.1 Å². The Morgan fingerprint density at radius 3 is 2.61 bits per heavy atom. The number of aryl methyl sites for hydroxylation is 1. The number of benzene rings is 1. The second kappa shape index (κ2) is 6.12. The van der Waals surface area contributed by atoms with Gasteiger partial charge in [0.2, 0.25) is 0 Å². The standard InChI is InChI=1S/C15H18FNS/c1-2-14-6-7-15(18-14)9-12(10-17)11-4-3-5-13(16)8-11/h3-8,12H,2,9-10,17H2,1H3. The van der Waals surface area contributed by atoms with Crippen molar-refractivity contribution >= 4 is 11.3 Å². The second-order valence-corrected chi connectivity index (χ2v) is 5.67. The number of hydrogen-bond donors (Lipinski definition) is 1. The van der Waals surface area contributed by atoms with E-state index in [0.29, 0.717) is 6.54 Å². The van der Waals surface area contributed by atoms with Crippen molar-refractivity contribution in [3.8, 4) is 0 Å². The average Bonchev–Trinajstić information content (AvgIpc) is 2.83. The highest BCUT2D eigenvalue weighted by atomic mass is 32.1. The Hall–Kier alpha value is -1.19. The summed E-state index contributed by atoms with van der Waals surface area (Å²) >= 11 is 1.83. The second-order valence-electron chi connectivity index (χ2n) is 4.41. The van der Waals surface area contributed by atoms with Gasteiger partial charge in [-0.3, -0.25) is 0 Å². The SMILES string of the molecule is CCc1ccc(CC(CN)c2cccc(F)c2)s1. The molecule has 0 spiro atoms. The minimum atomic E-state index is -0.189. The molecule has 1 nitrogen and oxygen atoms in total. The van der Waals surface area contributed by atoms with E-state index in [1.807, 2.05) is 17.4 Å². The summed E-state index contributed by atoms with van der Waals surface area (Å²) in [4.78, 5) is 2.71. The van der Waals surface area contributed by atoms with Crippen LogP contribution in [0.5, 0.6) is 0 Å². The van der Waals surface area contributed by atoms with Gasteiger partial charge in [0.1, 0.15) is 5.82 Å². The van der Waals surface area contributed by atoms with E-state index in [9.17, 15) is 4.39 Å². The Labute approximate surface area is 111 Å². The van der Waals surface area contributed by atoms with Gasteiger partial charge in [-0.25, -0.2) is 4.39 Å². The molecule has 2 aromatic rings. The topological polar surface area (TPSA) is 26.0 Å². The summed E-state index contributed by atoms with van der Waals surface area (Å²) in [5.74, 6) is 0.00966. The van der Waals surface area contributed by atoms with E-state index in [-0.39, 0.29) is 11.7 Å². The van der Waals surface area contributed by atoms with Crippen LogP contribution < -0.4 is 5.73 Å². The Morgan fingerprint density at radius 1 is 1.22 bits per heavy atom. The number of thiophene rings is 1. The molecule has 0 saturated carbocycles. The van der Waals surface area contributed by atoms with Crippen LogP contribution in [0.1, 0.15) is 28.2 Å². The maximum Gasteiger partial charge on any atom is 0.123 e. The Balaban J connectivity index is 2.14. The molecule has 0 aliphatic carbocycles. The molecule has 2 N–H and O–H groups in total. The molecular weight excluding hydrogens is 245 g/mol. The molecule has 18 heavy (non-hydrogen) atoms. The first-order chi connectivity index (χ1) is 8.72. The van der Waals surface area contributed by atoms with Gasteiger partial charge in [-0.1, -0.05) is 19.1 Å². The lowest BCUT2D eigenvalue weighted by Crippen LogP contribution is -2.14. The Kier molecular flexibility index (Phi) is 4.50. The molecule has 2 rings (SSSR count). The lowest BCUT2D eigenvalue weighted by atomic mass is 9.95. The molecule has 1 aromatic carbocycles. The molecule has 0 bridgehead atoms. The number of halogens is 1. The van der Waals surface area contributed by atoms with Crippen molar-refractivity contribution < 1.29 is 4.39 Å². The van der Waals surface area contributed by atoms with Crippen molar-refractivity contribution in [1.82, 2.24) is 0 Å². The predicted octanol–water partition coefficient (Wildman–Crippen LogP) is 3.73. The zero-order valence-electron chi connectivity index (χ0n) is 10.5. The van der Waals surface area contributed by atoms with Crippen LogP contribution in [0.4, 0.5) is 4.39 Å². The van der Waals surface area contributed by atoms with Gasteiger partial charge in [0.25, 0.3) is 0 Å². The zero-order chi connectivity index (χ0) is 13.0. The van der Waals surface area contributed by atoms with Crippen molar-refractivity contribution in [3.05, 3.63) is 57.5 Å². The summed E-state index contributed by atoms with van der Waals surface area (Å²) in [6.45, 7) is 2.70. The molecule has 1 unspecified atom stereocenters. The lowest BCUT2D eigenvalue weighted by Gasteiger charge is -2.14. The van der Waals surface area contributed by atoms with E-state index < -0.39 is 0 Å². The van der Waals surface area contributed by atoms with Gasteiger partial charge < -0.3 is 5.73 Å². The minimum absolute atomic E-state index is 0.189. The van der Waals surface area contributed by atoms with Crippen LogP contribution in [0, 0.1) is 5.82 Å². The molecule has 0 fully saturated rings. The summed E-state index contributed by atoms with van der Waals surface area (Å²) in [6, 6.07) is 11.1. The predicted molar refractivity (Wildman–Crippen MR) is 75.6 cm³/mol. The largest absolute Gasteiger partial charge is 0.330 e.